The molecule has 1 amide bonds. The van der Waals surface area contributed by atoms with Crippen molar-refractivity contribution < 1.29 is 14.0 Å². The van der Waals surface area contributed by atoms with Gasteiger partial charge in [-0.2, -0.15) is 4.98 Å². The lowest BCUT2D eigenvalue weighted by atomic mass is 9.93. The summed E-state index contributed by atoms with van der Waals surface area (Å²) in [5, 5.41) is 4.54. The molecule has 0 saturated heterocycles. The fourth-order valence-corrected chi connectivity index (χ4v) is 6.37. The summed E-state index contributed by atoms with van der Waals surface area (Å²) >= 11 is 0. The van der Waals surface area contributed by atoms with Crippen LogP contribution in [0.25, 0.3) is 16.9 Å². The van der Waals surface area contributed by atoms with Gasteiger partial charge in [0, 0.05) is 28.8 Å². The molecule has 2 aromatic heterocycles. The third kappa shape index (κ3) is 6.14. The zero-order chi connectivity index (χ0) is 30.1. The van der Waals surface area contributed by atoms with Crippen LogP contribution in [0.2, 0.25) is 18.1 Å². The maximum Gasteiger partial charge on any atom is 0.249 e. The highest BCUT2D eigenvalue weighted by atomic mass is 28.4. The summed E-state index contributed by atoms with van der Waals surface area (Å²) in [5.41, 5.74) is 11.1. The van der Waals surface area contributed by atoms with Gasteiger partial charge in [0.25, 0.3) is 0 Å². The molecular formula is C33H43N5O3Si. The van der Waals surface area contributed by atoms with Gasteiger partial charge in [-0.25, -0.2) is 4.98 Å². The Hall–Kier alpha value is -3.53. The summed E-state index contributed by atoms with van der Waals surface area (Å²) in [4.78, 5) is 22.4. The number of nitrogens with two attached hydrogens (primary N) is 1. The number of rotatable bonds is 10. The van der Waals surface area contributed by atoms with Gasteiger partial charge in [0.1, 0.15) is 11.9 Å². The smallest absolute Gasteiger partial charge is 0.249 e. The molecule has 2 aromatic carbocycles. The maximum atomic E-state index is 12.2. The van der Waals surface area contributed by atoms with Crippen molar-refractivity contribution in [1.29, 1.82) is 0 Å². The predicted octanol–water partition coefficient (Wildman–Crippen LogP) is 6.86. The normalized spacial score (nSPS) is 15.5. The predicted molar refractivity (Wildman–Crippen MR) is 171 cm³/mol. The molecule has 0 saturated carbocycles. The highest BCUT2D eigenvalue weighted by Gasteiger charge is 2.37. The summed E-state index contributed by atoms with van der Waals surface area (Å²) in [6.07, 6.45) is 2.61. The summed E-state index contributed by atoms with van der Waals surface area (Å²) in [6.45, 7) is 15.0. The molecule has 5 rings (SSSR count). The third-order valence-corrected chi connectivity index (χ3v) is 13.2. The SMILES string of the molecule is Cc1cc2c(C(N)=O)cccc2n1-c1nc(NCc2ccccc2)c2c(n1)[C@@H](OCCO[Si](C)(C)C(C)(C)C)CCC2. The highest BCUT2D eigenvalue weighted by Crippen LogP contribution is 2.38. The van der Waals surface area contributed by atoms with Crippen LogP contribution in [0.5, 0.6) is 0 Å². The summed E-state index contributed by atoms with van der Waals surface area (Å²) in [5.74, 6) is 0.908. The standard InChI is InChI=1S/C33H43N5O3Si/c1-22-20-26-24(30(34)39)14-10-16-27(26)38(22)32-36-29-25(31(37-32)35-21-23-12-8-7-9-13-23)15-11-17-28(29)40-18-19-41-42(5,6)33(2,3)4/h7-10,12-14,16,20,28H,11,15,17-19,21H2,1-6H3,(H2,34,39)(H,35,36,37)/t28-/m0/s1. The molecule has 42 heavy (non-hydrogen) atoms. The lowest BCUT2D eigenvalue weighted by Gasteiger charge is -2.36. The molecule has 1 atom stereocenters. The molecule has 8 nitrogen and oxygen atoms in total. The number of fused-ring (bicyclic) bond motifs is 2. The Balaban J connectivity index is 1.51. The van der Waals surface area contributed by atoms with E-state index in [1.54, 1.807) is 6.07 Å². The number of benzene rings is 2. The molecular weight excluding hydrogens is 542 g/mol. The van der Waals surface area contributed by atoms with E-state index in [1.807, 2.05) is 47.9 Å². The number of carbonyl (C=O) groups is 1. The van der Waals surface area contributed by atoms with Gasteiger partial charge in [-0.15, -0.1) is 0 Å². The second-order valence-electron chi connectivity index (χ2n) is 12.7. The van der Waals surface area contributed by atoms with E-state index in [9.17, 15) is 4.79 Å². The van der Waals surface area contributed by atoms with Gasteiger partial charge in [0.05, 0.1) is 24.4 Å². The van der Waals surface area contributed by atoms with Crippen molar-refractivity contribution in [3.8, 4) is 5.95 Å². The lowest BCUT2D eigenvalue weighted by molar-refractivity contribution is 0.0179. The van der Waals surface area contributed by atoms with Crippen LogP contribution in [0, 0.1) is 6.92 Å². The second kappa shape index (κ2) is 12.0. The van der Waals surface area contributed by atoms with Crippen molar-refractivity contribution in [1.82, 2.24) is 14.5 Å². The molecule has 1 aliphatic carbocycles. The van der Waals surface area contributed by atoms with E-state index in [1.165, 1.54) is 5.56 Å². The van der Waals surface area contributed by atoms with Crippen LogP contribution >= 0.6 is 0 Å². The quantitative estimate of drug-likeness (QED) is 0.156. The molecule has 1 aliphatic rings. The largest absolute Gasteiger partial charge is 0.414 e. The van der Waals surface area contributed by atoms with E-state index < -0.39 is 14.2 Å². The van der Waals surface area contributed by atoms with Crippen molar-refractivity contribution in [2.45, 2.75) is 77.7 Å². The fraction of sp³-hybridized carbons (Fsp3) is 0.424. The van der Waals surface area contributed by atoms with Gasteiger partial charge < -0.3 is 20.2 Å². The molecule has 0 aliphatic heterocycles. The Morgan fingerprint density at radius 2 is 1.86 bits per heavy atom. The second-order valence-corrected chi connectivity index (χ2v) is 17.5. The summed E-state index contributed by atoms with van der Waals surface area (Å²) in [6, 6.07) is 17.9. The van der Waals surface area contributed by atoms with E-state index in [0.29, 0.717) is 31.3 Å². The number of nitrogens with one attached hydrogen (secondary N) is 1. The Morgan fingerprint density at radius 3 is 2.57 bits per heavy atom. The Bertz CT molecular complexity index is 1580. The molecule has 0 unspecified atom stereocenters. The first-order valence-corrected chi connectivity index (χ1v) is 17.7. The zero-order valence-electron chi connectivity index (χ0n) is 25.7. The topological polar surface area (TPSA) is 104 Å². The Kier molecular flexibility index (Phi) is 8.55. The minimum Gasteiger partial charge on any atom is -0.414 e. The van der Waals surface area contributed by atoms with E-state index in [-0.39, 0.29) is 11.1 Å². The summed E-state index contributed by atoms with van der Waals surface area (Å²) < 4.78 is 14.9. The van der Waals surface area contributed by atoms with E-state index in [4.69, 9.17) is 24.9 Å². The Labute approximate surface area is 249 Å². The molecule has 0 fully saturated rings. The average Bonchev–Trinajstić information content (AvgIpc) is 3.29. The number of carbonyl (C=O) groups excluding carboxylic acids is 1. The number of hydrogen-bond acceptors (Lipinski definition) is 6. The van der Waals surface area contributed by atoms with Crippen molar-refractivity contribution >= 4 is 30.9 Å². The van der Waals surface area contributed by atoms with Gasteiger partial charge in [0.2, 0.25) is 11.9 Å². The van der Waals surface area contributed by atoms with Crippen LogP contribution in [-0.2, 0) is 22.1 Å². The van der Waals surface area contributed by atoms with Crippen LogP contribution in [0.3, 0.4) is 0 Å². The van der Waals surface area contributed by atoms with Crippen LogP contribution < -0.4 is 11.1 Å². The number of anilines is 1. The molecule has 0 radical (unpaired) electrons. The first-order chi connectivity index (χ1) is 20.0. The van der Waals surface area contributed by atoms with E-state index in [0.717, 1.165) is 52.9 Å². The highest BCUT2D eigenvalue weighted by molar-refractivity contribution is 6.74. The van der Waals surface area contributed by atoms with Crippen molar-refractivity contribution in [3.63, 3.8) is 0 Å². The number of amides is 1. The zero-order valence-corrected chi connectivity index (χ0v) is 26.7. The lowest BCUT2D eigenvalue weighted by Crippen LogP contribution is -2.41. The van der Waals surface area contributed by atoms with Gasteiger partial charge in [-0.1, -0.05) is 57.2 Å². The van der Waals surface area contributed by atoms with Gasteiger partial charge in [0.15, 0.2) is 8.32 Å². The average molecular weight is 586 g/mol. The fourth-order valence-electron chi connectivity index (χ4n) is 5.34. The van der Waals surface area contributed by atoms with Crippen molar-refractivity contribution in [3.05, 3.63) is 82.7 Å². The van der Waals surface area contributed by atoms with Crippen molar-refractivity contribution in [2.24, 2.45) is 5.73 Å². The summed E-state index contributed by atoms with van der Waals surface area (Å²) in [7, 11) is -1.86. The molecule has 3 N–H and O–H groups in total. The van der Waals surface area contributed by atoms with Crippen LogP contribution in [0.1, 0.15) is 72.6 Å². The molecule has 222 valence electrons. The number of aryl methyl sites for hydroxylation is 1. The van der Waals surface area contributed by atoms with Gasteiger partial charge >= 0.3 is 0 Å². The third-order valence-electron chi connectivity index (χ3n) is 8.70. The molecule has 0 bridgehead atoms. The van der Waals surface area contributed by atoms with E-state index in [2.05, 4.69) is 51.3 Å². The Morgan fingerprint density at radius 1 is 1.10 bits per heavy atom. The molecule has 4 aromatic rings. The van der Waals surface area contributed by atoms with Gasteiger partial charge in [-0.05, 0) is 68.1 Å². The number of aromatic nitrogens is 3. The molecule has 2 heterocycles. The molecule has 9 heteroatoms. The van der Waals surface area contributed by atoms with Gasteiger partial charge in [-0.3, -0.25) is 9.36 Å². The number of hydrogen-bond donors (Lipinski definition) is 2. The van der Waals surface area contributed by atoms with Crippen LogP contribution in [0.15, 0.2) is 54.6 Å². The number of primary amides is 1. The van der Waals surface area contributed by atoms with Crippen LogP contribution in [-0.4, -0.2) is 42.0 Å². The van der Waals surface area contributed by atoms with Crippen molar-refractivity contribution in [2.75, 3.05) is 18.5 Å². The minimum absolute atomic E-state index is 0.150. The van der Waals surface area contributed by atoms with E-state index >= 15 is 0 Å². The van der Waals surface area contributed by atoms with Crippen LogP contribution in [0.4, 0.5) is 5.82 Å². The monoisotopic (exact) mass is 585 g/mol. The minimum atomic E-state index is -1.86. The first-order valence-electron chi connectivity index (χ1n) is 14.8. The number of nitrogens with zero attached hydrogens (tertiary/aromatic N) is 3. The molecule has 0 spiro atoms. The maximum absolute atomic E-state index is 12.2. The first kappa shape index (κ1) is 29.9. The number of ether oxygens (including phenoxy) is 1.